The number of anilines is 1. The molecule has 1 aromatic carbocycles. The van der Waals surface area contributed by atoms with Crippen LogP contribution in [0.25, 0.3) is 0 Å². The van der Waals surface area contributed by atoms with Gasteiger partial charge in [-0.2, -0.15) is 0 Å². The Bertz CT molecular complexity index is 596. The van der Waals surface area contributed by atoms with Crippen molar-refractivity contribution in [1.82, 2.24) is 0 Å². The minimum atomic E-state index is 0.630. The normalized spacial score (nSPS) is 21.4. The van der Waals surface area contributed by atoms with Gasteiger partial charge in [0.05, 0.1) is 17.3 Å². The van der Waals surface area contributed by atoms with Crippen LogP contribution in [0.5, 0.6) is 0 Å². The summed E-state index contributed by atoms with van der Waals surface area (Å²) in [6.07, 6.45) is 1.25. The maximum Gasteiger partial charge on any atom is 0.123 e. The Morgan fingerprint density at radius 1 is 1.37 bits per heavy atom. The van der Waals surface area contributed by atoms with Crippen LogP contribution in [0.1, 0.15) is 30.8 Å². The zero-order valence-electron chi connectivity index (χ0n) is 10.6. The van der Waals surface area contributed by atoms with Crippen molar-refractivity contribution in [2.45, 2.75) is 25.8 Å². The average Bonchev–Trinajstić information content (AvgIpc) is 2.91. The van der Waals surface area contributed by atoms with Crippen molar-refractivity contribution >= 4 is 33.2 Å². The molecule has 2 aromatic rings. The van der Waals surface area contributed by atoms with Crippen molar-refractivity contribution < 1.29 is 4.42 Å². The van der Waals surface area contributed by atoms with E-state index in [0.717, 1.165) is 27.6 Å². The molecule has 1 aliphatic carbocycles. The first kappa shape index (κ1) is 13.1. The van der Waals surface area contributed by atoms with E-state index in [1.807, 2.05) is 24.3 Å². The molecule has 1 aromatic heterocycles. The third-order valence-electron chi connectivity index (χ3n) is 3.54. The molecule has 0 radical (unpaired) electrons. The van der Waals surface area contributed by atoms with Gasteiger partial charge in [-0.05, 0) is 42.7 Å². The molecule has 0 saturated heterocycles. The highest BCUT2D eigenvalue weighted by molar-refractivity contribution is 9.10. The van der Waals surface area contributed by atoms with Gasteiger partial charge in [-0.1, -0.05) is 34.5 Å². The molecule has 2 atom stereocenters. The van der Waals surface area contributed by atoms with E-state index in [0.29, 0.717) is 17.5 Å². The van der Waals surface area contributed by atoms with Gasteiger partial charge < -0.3 is 9.73 Å². The Kier molecular flexibility index (Phi) is 3.59. The quantitative estimate of drug-likeness (QED) is 0.802. The zero-order chi connectivity index (χ0) is 13.4. The van der Waals surface area contributed by atoms with Crippen LogP contribution in [0.3, 0.4) is 0 Å². The molecule has 0 bridgehead atoms. The number of benzene rings is 1. The van der Waals surface area contributed by atoms with Gasteiger partial charge in [-0.3, -0.25) is 0 Å². The first-order chi connectivity index (χ1) is 9.13. The highest BCUT2D eigenvalue weighted by Gasteiger charge is 2.36. The number of halogens is 2. The third kappa shape index (κ3) is 2.98. The van der Waals surface area contributed by atoms with Crippen LogP contribution in [-0.2, 0) is 6.54 Å². The predicted molar refractivity (Wildman–Crippen MR) is 81.7 cm³/mol. The summed E-state index contributed by atoms with van der Waals surface area (Å²) in [7, 11) is 0. The topological polar surface area (TPSA) is 25.2 Å². The molecule has 1 N–H and O–H groups in total. The molecule has 100 valence electrons. The molecule has 1 saturated carbocycles. The Labute approximate surface area is 126 Å². The zero-order valence-corrected chi connectivity index (χ0v) is 13.0. The third-order valence-corrected chi connectivity index (χ3v) is 4.35. The van der Waals surface area contributed by atoms with Crippen LogP contribution in [0.15, 0.2) is 39.2 Å². The minimum Gasteiger partial charge on any atom is -0.464 e. The van der Waals surface area contributed by atoms with Crippen molar-refractivity contribution in [2.75, 3.05) is 5.32 Å². The molecule has 1 aliphatic rings. The van der Waals surface area contributed by atoms with Crippen molar-refractivity contribution in [1.29, 1.82) is 0 Å². The lowest BCUT2D eigenvalue weighted by Gasteiger charge is -2.07. The second-order valence-electron chi connectivity index (χ2n) is 5.10. The summed E-state index contributed by atoms with van der Waals surface area (Å²) >= 11 is 9.55. The number of furan rings is 1. The van der Waals surface area contributed by atoms with Gasteiger partial charge in [0.15, 0.2) is 0 Å². The maximum absolute atomic E-state index is 6.16. The van der Waals surface area contributed by atoms with E-state index in [4.69, 9.17) is 16.0 Å². The standard InChI is InChI=1S/C15H15BrClNO/c1-9-6-12(9)15-5-3-11(19-15)8-18-14-4-2-10(16)7-13(14)17/h2-5,7,9,12,18H,6,8H2,1H3. The predicted octanol–water partition coefficient (Wildman–Crippen LogP) is 5.43. The molecule has 3 rings (SSSR count). The Morgan fingerprint density at radius 2 is 2.16 bits per heavy atom. The van der Waals surface area contributed by atoms with E-state index in [-0.39, 0.29) is 0 Å². The average molecular weight is 341 g/mol. The van der Waals surface area contributed by atoms with E-state index >= 15 is 0 Å². The summed E-state index contributed by atoms with van der Waals surface area (Å²) in [4.78, 5) is 0. The smallest absolute Gasteiger partial charge is 0.123 e. The fourth-order valence-corrected chi connectivity index (χ4v) is 2.96. The Hall–Kier alpha value is -0.930. The highest BCUT2D eigenvalue weighted by atomic mass is 79.9. The molecule has 0 aliphatic heterocycles. The fraction of sp³-hybridized carbons (Fsp3) is 0.333. The minimum absolute atomic E-state index is 0.630. The van der Waals surface area contributed by atoms with Crippen molar-refractivity contribution in [3.05, 3.63) is 51.3 Å². The number of hydrogen-bond donors (Lipinski definition) is 1. The van der Waals surface area contributed by atoms with E-state index < -0.39 is 0 Å². The first-order valence-corrected chi connectivity index (χ1v) is 7.58. The first-order valence-electron chi connectivity index (χ1n) is 6.41. The molecule has 1 fully saturated rings. The van der Waals surface area contributed by atoms with Crippen molar-refractivity contribution in [3.8, 4) is 0 Å². The summed E-state index contributed by atoms with van der Waals surface area (Å²) in [6.45, 7) is 2.91. The molecule has 2 unspecified atom stereocenters. The SMILES string of the molecule is CC1CC1c1ccc(CNc2ccc(Br)cc2Cl)o1. The van der Waals surface area contributed by atoms with E-state index in [2.05, 4.69) is 34.2 Å². The molecule has 0 amide bonds. The Morgan fingerprint density at radius 3 is 2.84 bits per heavy atom. The fourth-order valence-electron chi connectivity index (χ4n) is 2.22. The van der Waals surface area contributed by atoms with Gasteiger partial charge in [-0.15, -0.1) is 0 Å². The second kappa shape index (κ2) is 5.22. The van der Waals surface area contributed by atoms with Gasteiger partial charge in [0.25, 0.3) is 0 Å². The summed E-state index contributed by atoms with van der Waals surface area (Å²) in [6, 6.07) is 9.94. The summed E-state index contributed by atoms with van der Waals surface area (Å²) in [5.74, 6) is 3.47. The summed E-state index contributed by atoms with van der Waals surface area (Å²) < 4.78 is 6.83. The van der Waals surface area contributed by atoms with Crippen molar-refractivity contribution in [2.24, 2.45) is 5.92 Å². The number of nitrogens with one attached hydrogen (secondary N) is 1. The molecule has 2 nitrogen and oxygen atoms in total. The van der Waals surface area contributed by atoms with Crippen molar-refractivity contribution in [3.63, 3.8) is 0 Å². The maximum atomic E-state index is 6.16. The second-order valence-corrected chi connectivity index (χ2v) is 6.42. The molecule has 1 heterocycles. The van der Waals surface area contributed by atoms with E-state index in [1.165, 1.54) is 6.42 Å². The highest BCUT2D eigenvalue weighted by Crippen LogP contribution is 2.47. The van der Waals surface area contributed by atoms with E-state index in [9.17, 15) is 0 Å². The lowest BCUT2D eigenvalue weighted by molar-refractivity contribution is 0.468. The van der Waals surface area contributed by atoms with Crippen LogP contribution < -0.4 is 5.32 Å². The van der Waals surface area contributed by atoms with Crippen LogP contribution in [0, 0.1) is 5.92 Å². The van der Waals surface area contributed by atoms with Gasteiger partial charge in [-0.25, -0.2) is 0 Å². The number of hydrogen-bond acceptors (Lipinski definition) is 2. The Balaban J connectivity index is 1.64. The summed E-state index contributed by atoms with van der Waals surface area (Å²) in [5, 5.41) is 4.00. The van der Waals surface area contributed by atoms with Gasteiger partial charge >= 0.3 is 0 Å². The largest absolute Gasteiger partial charge is 0.464 e. The molecular formula is C15H15BrClNO. The van der Waals surface area contributed by atoms with Crippen LogP contribution >= 0.6 is 27.5 Å². The van der Waals surface area contributed by atoms with Gasteiger partial charge in [0, 0.05) is 10.4 Å². The summed E-state index contributed by atoms with van der Waals surface area (Å²) in [5.41, 5.74) is 0.919. The molecular weight excluding hydrogens is 326 g/mol. The molecule has 4 heteroatoms. The lowest BCUT2D eigenvalue weighted by atomic mass is 10.3. The molecule has 0 spiro atoms. The van der Waals surface area contributed by atoms with Gasteiger partial charge in [0.1, 0.15) is 11.5 Å². The van der Waals surface area contributed by atoms with Gasteiger partial charge in [0.2, 0.25) is 0 Å². The van der Waals surface area contributed by atoms with Crippen LogP contribution in [-0.4, -0.2) is 0 Å². The monoisotopic (exact) mass is 339 g/mol. The van der Waals surface area contributed by atoms with Crippen LogP contribution in [0.4, 0.5) is 5.69 Å². The lowest BCUT2D eigenvalue weighted by Crippen LogP contribution is -1.98. The van der Waals surface area contributed by atoms with E-state index in [1.54, 1.807) is 0 Å². The molecule has 19 heavy (non-hydrogen) atoms. The number of rotatable bonds is 4. The van der Waals surface area contributed by atoms with Crippen LogP contribution in [0.2, 0.25) is 5.02 Å².